The number of carbonyl (C=O) groups is 1. The lowest BCUT2D eigenvalue weighted by Gasteiger charge is -2.31. The molecule has 0 radical (unpaired) electrons. The van der Waals surface area contributed by atoms with Crippen molar-refractivity contribution in [3.63, 3.8) is 0 Å². The lowest BCUT2D eigenvalue weighted by atomic mass is 10.1. The maximum Gasteiger partial charge on any atom is 0.410 e. The molecule has 2 aromatic heterocycles. The molecule has 10 nitrogen and oxygen atoms in total. The quantitative estimate of drug-likeness (QED) is 0.520. The lowest BCUT2D eigenvalue weighted by Crippen LogP contribution is -2.42. The molecule has 0 N–H and O–H groups in total. The topological polar surface area (TPSA) is 113 Å². The molecule has 1 amide bonds. The number of piperidine rings is 1. The van der Waals surface area contributed by atoms with Crippen LogP contribution in [0.5, 0.6) is 11.6 Å². The molecule has 0 aliphatic carbocycles. The van der Waals surface area contributed by atoms with E-state index in [0.29, 0.717) is 43.4 Å². The molecule has 34 heavy (non-hydrogen) atoms. The van der Waals surface area contributed by atoms with Crippen molar-refractivity contribution in [2.24, 2.45) is 0 Å². The maximum absolute atomic E-state index is 12.1. The monoisotopic (exact) mass is 488 g/mol. The first kappa shape index (κ1) is 23.8. The molecule has 4 rings (SSSR count). The molecule has 0 bridgehead atoms. The van der Waals surface area contributed by atoms with Crippen LogP contribution in [0.3, 0.4) is 0 Å². The fourth-order valence-electron chi connectivity index (χ4n) is 3.91. The van der Waals surface area contributed by atoms with E-state index in [0.717, 1.165) is 10.9 Å². The van der Waals surface area contributed by atoms with Gasteiger partial charge >= 0.3 is 6.09 Å². The highest BCUT2D eigenvalue weighted by atomic mass is 32.2. The fourth-order valence-corrected chi connectivity index (χ4v) is 4.57. The maximum atomic E-state index is 12.1. The minimum atomic E-state index is -3.31. The number of benzene rings is 1. The smallest absolute Gasteiger partial charge is 0.410 e. The van der Waals surface area contributed by atoms with Crippen LogP contribution in [-0.2, 0) is 14.6 Å². The number of fused-ring (bicyclic) bond motifs is 1. The Hall–Kier alpha value is -3.34. The Morgan fingerprint density at radius 3 is 2.53 bits per heavy atom. The number of methoxy groups -OCH3 is 1. The van der Waals surface area contributed by atoms with Crippen LogP contribution < -0.4 is 9.47 Å². The lowest BCUT2D eigenvalue weighted by molar-refractivity contribution is 0.0500. The third-order valence-electron chi connectivity index (χ3n) is 5.59. The van der Waals surface area contributed by atoms with Crippen molar-refractivity contribution in [3.05, 3.63) is 36.8 Å². The normalized spacial score (nSPS) is 15.0. The summed E-state index contributed by atoms with van der Waals surface area (Å²) in [4.78, 5) is 22.7. The van der Waals surface area contributed by atoms with E-state index in [4.69, 9.17) is 14.2 Å². The van der Waals surface area contributed by atoms with Gasteiger partial charge < -0.3 is 19.1 Å². The Balaban J connectivity index is 1.56. The highest BCUT2D eigenvalue weighted by Crippen LogP contribution is 2.34. The van der Waals surface area contributed by atoms with Crippen molar-refractivity contribution in [2.75, 3.05) is 26.5 Å². The Morgan fingerprint density at radius 1 is 1.15 bits per heavy atom. The predicted molar refractivity (Wildman–Crippen MR) is 125 cm³/mol. The largest absolute Gasteiger partial charge is 0.489 e. The molecule has 0 unspecified atom stereocenters. The molecule has 11 heteroatoms. The molecule has 1 aliphatic heterocycles. The molecule has 1 fully saturated rings. The molecular formula is C23H28N4O6S. The van der Waals surface area contributed by atoms with Crippen LogP contribution in [0, 0.1) is 0 Å². The number of ether oxygens (including phenoxy) is 3. The number of hydrogen-bond acceptors (Lipinski definition) is 8. The van der Waals surface area contributed by atoms with E-state index in [-0.39, 0.29) is 23.2 Å². The summed E-state index contributed by atoms with van der Waals surface area (Å²) in [6, 6.07) is 6.75. The number of aromatic nitrogens is 3. The first-order chi connectivity index (χ1) is 16.2. The van der Waals surface area contributed by atoms with Gasteiger partial charge in [-0.25, -0.2) is 18.2 Å². The second kappa shape index (κ2) is 9.49. The van der Waals surface area contributed by atoms with Crippen LogP contribution >= 0.6 is 0 Å². The van der Waals surface area contributed by atoms with Crippen LogP contribution in [0.1, 0.15) is 26.7 Å². The van der Waals surface area contributed by atoms with Crippen molar-refractivity contribution in [1.29, 1.82) is 0 Å². The van der Waals surface area contributed by atoms with E-state index in [1.54, 1.807) is 33.9 Å². The number of rotatable bonds is 6. The van der Waals surface area contributed by atoms with Gasteiger partial charge in [0.2, 0.25) is 5.75 Å². The van der Waals surface area contributed by atoms with Crippen LogP contribution in [0.4, 0.5) is 4.79 Å². The van der Waals surface area contributed by atoms with Crippen molar-refractivity contribution >= 4 is 26.8 Å². The summed E-state index contributed by atoms with van der Waals surface area (Å²) in [6.45, 7) is 4.71. The zero-order valence-corrected chi connectivity index (χ0v) is 20.4. The number of amides is 1. The minimum absolute atomic E-state index is 0.140. The first-order valence-electron chi connectivity index (χ1n) is 11.0. The van der Waals surface area contributed by atoms with Crippen LogP contribution in [-0.4, -0.2) is 72.6 Å². The second-order valence-electron chi connectivity index (χ2n) is 8.45. The van der Waals surface area contributed by atoms with Gasteiger partial charge in [-0.3, -0.25) is 4.57 Å². The van der Waals surface area contributed by atoms with Crippen LogP contribution in [0.15, 0.2) is 41.7 Å². The van der Waals surface area contributed by atoms with Crippen molar-refractivity contribution in [3.8, 4) is 17.4 Å². The van der Waals surface area contributed by atoms with Crippen molar-refractivity contribution < 1.29 is 27.4 Å². The van der Waals surface area contributed by atoms with Gasteiger partial charge in [0.15, 0.2) is 15.7 Å². The van der Waals surface area contributed by atoms with Gasteiger partial charge in [-0.2, -0.15) is 4.98 Å². The van der Waals surface area contributed by atoms with Gasteiger partial charge in [0.05, 0.1) is 23.6 Å². The highest BCUT2D eigenvalue weighted by Gasteiger charge is 2.27. The Labute approximate surface area is 198 Å². The number of nitrogens with zero attached hydrogens (tertiary/aromatic N) is 4. The molecule has 0 spiro atoms. The molecule has 1 saturated heterocycles. The average Bonchev–Trinajstić information content (AvgIpc) is 3.21. The molecule has 182 valence electrons. The number of likely N-dealkylation sites (tertiary alicyclic amines) is 1. The third kappa shape index (κ3) is 4.93. The zero-order valence-electron chi connectivity index (χ0n) is 19.6. The van der Waals surface area contributed by atoms with E-state index >= 15 is 0 Å². The highest BCUT2D eigenvalue weighted by molar-refractivity contribution is 7.90. The SMILES string of the molecule is COc1c(OC2CCN(C(=O)OC(C)C)CC2)ncnc1-n1ccc2cc(S(C)(=O)=O)ccc21. The minimum Gasteiger partial charge on any atom is -0.489 e. The standard InChI is InChI=1S/C23H28N4O6S/c1-15(2)32-23(28)26-10-8-17(9-11-26)33-22-20(31-3)21(24-14-25-22)27-12-7-16-13-18(34(4,29)30)5-6-19(16)27/h5-7,12-15,17H,8-11H2,1-4H3. The Kier molecular flexibility index (Phi) is 6.65. The molecular weight excluding hydrogens is 460 g/mol. The summed E-state index contributed by atoms with van der Waals surface area (Å²) < 4.78 is 42.6. The van der Waals surface area contributed by atoms with Crippen molar-refractivity contribution in [2.45, 2.75) is 43.8 Å². The van der Waals surface area contributed by atoms with E-state index < -0.39 is 9.84 Å². The first-order valence-corrected chi connectivity index (χ1v) is 12.9. The predicted octanol–water partition coefficient (Wildman–Crippen LogP) is 3.22. The summed E-state index contributed by atoms with van der Waals surface area (Å²) in [7, 11) is -1.79. The number of carbonyl (C=O) groups excluding carboxylic acids is 1. The van der Waals surface area contributed by atoms with Gasteiger partial charge in [0, 0.05) is 43.8 Å². The van der Waals surface area contributed by atoms with E-state index in [9.17, 15) is 13.2 Å². The van der Waals surface area contributed by atoms with Gasteiger partial charge in [0.25, 0.3) is 5.88 Å². The molecule has 0 saturated carbocycles. The Morgan fingerprint density at radius 2 is 1.88 bits per heavy atom. The number of hydrogen-bond donors (Lipinski definition) is 0. The van der Waals surface area contributed by atoms with Crippen LogP contribution in [0.2, 0.25) is 0 Å². The summed E-state index contributed by atoms with van der Waals surface area (Å²) in [5.74, 6) is 1.16. The van der Waals surface area contributed by atoms with Crippen LogP contribution in [0.25, 0.3) is 16.7 Å². The second-order valence-corrected chi connectivity index (χ2v) is 10.5. The molecule has 1 aliphatic rings. The molecule has 3 heterocycles. The average molecular weight is 489 g/mol. The van der Waals surface area contributed by atoms with Gasteiger partial charge in [-0.05, 0) is 38.1 Å². The van der Waals surface area contributed by atoms with Gasteiger partial charge in [0.1, 0.15) is 12.4 Å². The van der Waals surface area contributed by atoms with Gasteiger partial charge in [-0.1, -0.05) is 0 Å². The zero-order chi connectivity index (χ0) is 24.5. The van der Waals surface area contributed by atoms with E-state index in [2.05, 4.69) is 9.97 Å². The van der Waals surface area contributed by atoms with E-state index in [1.165, 1.54) is 19.7 Å². The molecule has 3 aromatic rings. The fraction of sp³-hybridized carbons (Fsp3) is 0.435. The van der Waals surface area contributed by atoms with Crippen molar-refractivity contribution in [1.82, 2.24) is 19.4 Å². The molecule has 1 aromatic carbocycles. The molecule has 0 atom stereocenters. The third-order valence-corrected chi connectivity index (χ3v) is 6.70. The summed E-state index contributed by atoms with van der Waals surface area (Å²) in [6.07, 6.45) is 5.04. The van der Waals surface area contributed by atoms with Gasteiger partial charge in [-0.15, -0.1) is 0 Å². The summed E-state index contributed by atoms with van der Waals surface area (Å²) >= 11 is 0. The summed E-state index contributed by atoms with van der Waals surface area (Å²) in [5, 5.41) is 0.756. The number of sulfone groups is 1. The Bertz CT molecular complexity index is 1300. The van der Waals surface area contributed by atoms with E-state index in [1.807, 2.05) is 19.9 Å². The summed E-state index contributed by atoms with van der Waals surface area (Å²) in [5.41, 5.74) is 0.771.